The van der Waals surface area contributed by atoms with Crippen LogP contribution in [0.1, 0.15) is 23.4 Å². The number of nitrogens with zero attached hydrogens (tertiary/aromatic N) is 2. The van der Waals surface area contributed by atoms with Crippen LogP contribution in [0.15, 0.2) is 46.3 Å². The number of benzene rings is 2. The summed E-state index contributed by atoms with van der Waals surface area (Å²) in [7, 11) is -4.03. The van der Waals surface area contributed by atoms with Gasteiger partial charge in [-0.1, -0.05) is 45.8 Å². The molecule has 2 aromatic carbocycles. The molecule has 3 aromatic rings. The Kier molecular flexibility index (Phi) is 9.00. The summed E-state index contributed by atoms with van der Waals surface area (Å²) in [6, 6.07) is 12.0. The van der Waals surface area contributed by atoms with Crippen molar-refractivity contribution in [2.45, 2.75) is 31.2 Å². The Morgan fingerprint density at radius 1 is 1.23 bits per heavy atom. The first-order valence-corrected chi connectivity index (χ1v) is 15.2. The third-order valence-corrected chi connectivity index (χ3v) is 9.17. The molecule has 0 fully saturated rings. The number of hydrogen-bond donors (Lipinski definition) is 2. The molecule has 0 amide bonds. The number of fused-ring (bicyclic) bond motifs is 2. The summed E-state index contributed by atoms with van der Waals surface area (Å²) in [5.41, 5.74) is 3.17. The van der Waals surface area contributed by atoms with E-state index in [0.717, 1.165) is 54.9 Å². The van der Waals surface area contributed by atoms with Crippen LogP contribution in [0.25, 0.3) is 16.3 Å². The van der Waals surface area contributed by atoms with Crippen molar-refractivity contribution in [3.05, 3.63) is 57.0 Å². The van der Waals surface area contributed by atoms with Gasteiger partial charge >= 0.3 is 0 Å². The van der Waals surface area contributed by atoms with Crippen LogP contribution in [0.5, 0.6) is 0 Å². The lowest BCUT2D eigenvalue weighted by Gasteiger charge is -2.20. The molecule has 2 heterocycles. The van der Waals surface area contributed by atoms with Gasteiger partial charge in [-0.15, -0.1) is 4.33 Å². The molecule has 1 aliphatic heterocycles. The average Bonchev–Trinajstić information content (AvgIpc) is 3.30. The Balaban J connectivity index is 1.68. The molecular formula is C22H24ClN2O6S4+. The smallest absolute Gasteiger partial charge is 0.265 e. The maximum absolute atomic E-state index is 11.3. The average molecular weight is 576 g/mol. The second-order valence-corrected chi connectivity index (χ2v) is 12.8. The van der Waals surface area contributed by atoms with Crippen LogP contribution in [0.3, 0.4) is 0 Å². The molecule has 0 saturated carbocycles. The molecule has 13 heteroatoms. The summed E-state index contributed by atoms with van der Waals surface area (Å²) in [6.07, 6.45) is 3.18. The van der Waals surface area contributed by atoms with Crippen LogP contribution >= 0.6 is 46.7 Å². The number of aromatic nitrogens is 1. The van der Waals surface area contributed by atoms with Gasteiger partial charge in [0.15, 0.2) is 6.54 Å². The van der Waals surface area contributed by atoms with Gasteiger partial charge in [-0.2, -0.15) is 13.0 Å². The van der Waals surface area contributed by atoms with E-state index in [1.165, 1.54) is 0 Å². The zero-order valence-electron chi connectivity index (χ0n) is 18.7. The maximum Gasteiger partial charge on any atom is 0.265 e. The van der Waals surface area contributed by atoms with Crippen molar-refractivity contribution in [2.24, 2.45) is 0 Å². The molecule has 1 aromatic heterocycles. The van der Waals surface area contributed by atoms with Crippen molar-refractivity contribution < 1.29 is 32.2 Å². The first-order chi connectivity index (χ1) is 16.7. The number of halogens is 1. The molecule has 0 spiro atoms. The van der Waals surface area contributed by atoms with Crippen molar-refractivity contribution in [1.82, 2.24) is 0 Å². The monoisotopic (exact) mass is 575 g/mol. The van der Waals surface area contributed by atoms with Gasteiger partial charge in [-0.3, -0.25) is 4.55 Å². The van der Waals surface area contributed by atoms with Crippen molar-refractivity contribution >= 4 is 78.8 Å². The minimum absolute atomic E-state index is 0.290. The zero-order chi connectivity index (χ0) is 25.0. The van der Waals surface area contributed by atoms with Gasteiger partial charge in [0.2, 0.25) is 5.52 Å². The van der Waals surface area contributed by atoms with E-state index in [2.05, 4.69) is 43.1 Å². The van der Waals surface area contributed by atoms with E-state index in [-0.39, 0.29) is 5.75 Å². The molecule has 188 valence electrons. The van der Waals surface area contributed by atoms with Gasteiger partial charge < -0.3 is 4.90 Å². The van der Waals surface area contributed by atoms with E-state index in [4.69, 9.17) is 16.9 Å². The Morgan fingerprint density at radius 2 is 2.06 bits per heavy atom. The maximum atomic E-state index is 11.3. The molecule has 4 rings (SSSR count). The quantitative estimate of drug-likeness (QED) is 0.0733. The highest BCUT2D eigenvalue weighted by Gasteiger charge is 2.28. The standard InChI is InChI=1S/C22H23ClN2O6S4/c1-15-4-6-19-17(12-15)25(9-3-11-35(27,28)29)22(33-19)14-21-24(8-2-10-32-31-30-26)18-13-16(23)5-7-20(18)34-21/h4-7,12-14H,2-3,8-11H2,1H3,(H-,26,27,28,29)/p+1. The summed E-state index contributed by atoms with van der Waals surface area (Å²) in [4.78, 5) is 3.21. The number of thiazole rings is 1. The number of anilines is 1. The van der Waals surface area contributed by atoms with Crippen LogP contribution < -0.4 is 9.47 Å². The van der Waals surface area contributed by atoms with Gasteiger partial charge in [-0.05, 0) is 43.2 Å². The van der Waals surface area contributed by atoms with Crippen molar-refractivity contribution in [3.63, 3.8) is 0 Å². The van der Waals surface area contributed by atoms with E-state index < -0.39 is 10.1 Å². The third kappa shape index (κ3) is 6.90. The Morgan fingerprint density at radius 3 is 2.83 bits per heavy atom. The van der Waals surface area contributed by atoms with E-state index in [1.807, 2.05) is 25.1 Å². The fraction of sp³-hybridized carbons (Fsp3) is 0.318. The van der Waals surface area contributed by atoms with Gasteiger partial charge in [0.1, 0.15) is 4.70 Å². The van der Waals surface area contributed by atoms with Crippen molar-refractivity contribution in [2.75, 3.05) is 23.0 Å². The molecule has 0 bridgehead atoms. The predicted molar refractivity (Wildman–Crippen MR) is 142 cm³/mol. The number of aryl methyl sites for hydroxylation is 2. The highest BCUT2D eigenvalue weighted by atomic mass is 35.5. The van der Waals surface area contributed by atoms with Crippen LogP contribution in [0.2, 0.25) is 5.02 Å². The van der Waals surface area contributed by atoms with E-state index in [0.29, 0.717) is 30.3 Å². The Labute approximate surface area is 221 Å². The van der Waals surface area contributed by atoms with E-state index in [1.54, 1.807) is 23.1 Å². The molecule has 35 heavy (non-hydrogen) atoms. The van der Waals surface area contributed by atoms with Crippen LogP contribution in [0, 0.1) is 6.92 Å². The highest BCUT2D eigenvalue weighted by molar-refractivity contribution is 8.04. The Hall–Kier alpha value is -1.35. The lowest BCUT2D eigenvalue weighted by molar-refractivity contribution is -0.668. The highest BCUT2D eigenvalue weighted by Crippen LogP contribution is 2.47. The summed E-state index contributed by atoms with van der Waals surface area (Å²) in [6.45, 7) is 3.18. The molecular weight excluding hydrogens is 552 g/mol. The first-order valence-electron chi connectivity index (χ1n) is 10.7. The van der Waals surface area contributed by atoms with E-state index >= 15 is 0 Å². The minimum atomic E-state index is -4.03. The first kappa shape index (κ1) is 26.7. The lowest BCUT2D eigenvalue weighted by atomic mass is 10.2. The van der Waals surface area contributed by atoms with Gasteiger partial charge in [0.25, 0.3) is 15.1 Å². The number of thioether (sulfide) groups is 1. The number of rotatable bonds is 11. The topological polar surface area (TPSA) is 100 Å². The molecule has 0 saturated heterocycles. The summed E-state index contributed by atoms with van der Waals surface area (Å²) < 4.78 is 39.5. The summed E-state index contributed by atoms with van der Waals surface area (Å²) in [5.74, 6) is 0.323. The molecule has 0 unspecified atom stereocenters. The fourth-order valence-corrected chi connectivity index (χ4v) is 7.11. The van der Waals surface area contributed by atoms with Gasteiger partial charge in [-0.25, -0.2) is 5.26 Å². The normalized spacial score (nSPS) is 14.9. The second-order valence-electron chi connectivity index (χ2n) is 7.87. The van der Waals surface area contributed by atoms with E-state index in [9.17, 15) is 13.0 Å². The predicted octanol–water partition coefficient (Wildman–Crippen LogP) is 5.80. The molecule has 8 nitrogen and oxygen atoms in total. The van der Waals surface area contributed by atoms with Crippen LogP contribution in [0.4, 0.5) is 5.69 Å². The SMILES string of the molecule is Cc1ccc2c(c1)N(CCCS(=O)(=O)O)C(=Cc1sc3ccc(Cl)cc3[n+]1CCCSOOO)S2. The van der Waals surface area contributed by atoms with Gasteiger partial charge in [0, 0.05) is 46.7 Å². The lowest BCUT2D eigenvalue weighted by Crippen LogP contribution is -2.35. The molecule has 0 atom stereocenters. The van der Waals surface area contributed by atoms with Crippen LogP contribution in [-0.4, -0.2) is 36.3 Å². The Bertz CT molecular complexity index is 1350. The molecule has 0 radical (unpaired) electrons. The van der Waals surface area contributed by atoms with Crippen molar-refractivity contribution in [3.8, 4) is 0 Å². The number of hydrogen-bond acceptors (Lipinski definition) is 9. The fourth-order valence-electron chi connectivity index (χ4n) is 3.81. The molecule has 1 aliphatic rings. The minimum Gasteiger partial charge on any atom is -0.335 e. The van der Waals surface area contributed by atoms with Gasteiger partial charge in [0.05, 0.1) is 22.5 Å². The largest absolute Gasteiger partial charge is 0.335 e. The molecule has 0 aliphatic carbocycles. The summed E-state index contributed by atoms with van der Waals surface area (Å²) in [5, 5.41) is 14.6. The van der Waals surface area contributed by atoms with Crippen LogP contribution in [-0.2, 0) is 26.0 Å². The summed E-state index contributed by atoms with van der Waals surface area (Å²) >= 11 is 10.6. The third-order valence-electron chi connectivity index (χ3n) is 5.30. The zero-order valence-corrected chi connectivity index (χ0v) is 22.7. The molecule has 2 N–H and O–H groups in total. The second kappa shape index (κ2) is 11.8. The van der Waals surface area contributed by atoms with Crippen molar-refractivity contribution in [1.29, 1.82) is 0 Å².